The molecule has 1 aliphatic rings. The van der Waals surface area contributed by atoms with E-state index in [0.717, 1.165) is 0 Å². The number of hydrogen-bond donors (Lipinski definition) is 3. The van der Waals surface area contributed by atoms with Gasteiger partial charge in [-0.2, -0.15) is 0 Å². The molecule has 0 radical (unpaired) electrons. The molecule has 148 valence electrons. The van der Waals surface area contributed by atoms with Crippen molar-refractivity contribution in [3.05, 3.63) is 54.1 Å². The van der Waals surface area contributed by atoms with E-state index < -0.39 is 21.9 Å². The molecule has 9 heteroatoms. The van der Waals surface area contributed by atoms with E-state index in [1.54, 1.807) is 55.6 Å². The van der Waals surface area contributed by atoms with Gasteiger partial charge in [0, 0.05) is 29.0 Å². The fraction of sp³-hybridized carbons (Fsp3) is 0.263. The number of hydrogen-bond acceptors (Lipinski definition) is 5. The average molecular weight is 403 g/mol. The van der Waals surface area contributed by atoms with Crippen molar-refractivity contribution < 1.29 is 22.7 Å². The van der Waals surface area contributed by atoms with Crippen molar-refractivity contribution in [1.82, 2.24) is 5.32 Å². The van der Waals surface area contributed by atoms with Crippen LogP contribution in [0.15, 0.2) is 48.5 Å². The van der Waals surface area contributed by atoms with Crippen molar-refractivity contribution in [2.45, 2.75) is 12.5 Å². The zero-order chi connectivity index (χ0) is 20.1. The molecule has 0 aliphatic carbocycles. The highest BCUT2D eigenvalue weighted by Crippen LogP contribution is 2.19. The van der Waals surface area contributed by atoms with Crippen LogP contribution >= 0.6 is 0 Å². The van der Waals surface area contributed by atoms with E-state index >= 15 is 0 Å². The molecule has 1 heterocycles. The van der Waals surface area contributed by atoms with Crippen molar-refractivity contribution in [1.29, 1.82) is 0 Å². The number of benzene rings is 2. The van der Waals surface area contributed by atoms with Crippen LogP contribution in [-0.4, -0.2) is 45.0 Å². The predicted molar refractivity (Wildman–Crippen MR) is 107 cm³/mol. The highest BCUT2D eigenvalue weighted by Gasteiger charge is 2.28. The first-order valence-electron chi connectivity index (χ1n) is 8.68. The molecule has 0 aromatic heterocycles. The molecule has 8 nitrogen and oxygen atoms in total. The molecule has 28 heavy (non-hydrogen) atoms. The van der Waals surface area contributed by atoms with Gasteiger partial charge < -0.3 is 20.7 Å². The highest BCUT2D eigenvalue weighted by atomic mass is 32.2. The SMILES string of the molecule is COc1cccc(NC(=O)c2cccc(NC(=O)N[C@H]3CCS(=O)(=O)C3)c2)c1. The Balaban J connectivity index is 1.61. The third-order valence-electron chi connectivity index (χ3n) is 4.28. The maximum Gasteiger partial charge on any atom is 0.319 e. The van der Waals surface area contributed by atoms with E-state index in [2.05, 4.69) is 16.0 Å². The number of urea groups is 1. The Hall–Kier alpha value is -3.07. The first-order valence-corrected chi connectivity index (χ1v) is 10.5. The van der Waals surface area contributed by atoms with Crippen molar-refractivity contribution in [2.75, 3.05) is 29.2 Å². The van der Waals surface area contributed by atoms with Crippen LogP contribution in [0.2, 0.25) is 0 Å². The van der Waals surface area contributed by atoms with Gasteiger partial charge in [-0.25, -0.2) is 13.2 Å². The first kappa shape index (κ1) is 19.7. The fourth-order valence-corrected chi connectivity index (χ4v) is 4.58. The van der Waals surface area contributed by atoms with Gasteiger partial charge in [0.15, 0.2) is 9.84 Å². The molecule has 2 aromatic rings. The van der Waals surface area contributed by atoms with E-state index in [0.29, 0.717) is 29.1 Å². The summed E-state index contributed by atoms with van der Waals surface area (Å²) in [7, 11) is -1.53. The van der Waals surface area contributed by atoms with Gasteiger partial charge in [0.25, 0.3) is 5.91 Å². The summed E-state index contributed by atoms with van der Waals surface area (Å²) in [5.41, 5.74) is 1.38. The molecule has 0 spiro atoms. The monoisotopic (exact) mass is 403 g/mol. The van der Waals surface area contributed by atoms with E-state index in [1.165, 1.54) is 0 Å². The molecule has 0 bridgehead atoms. The van der Waals surface area contributed by atoms with Gasteiger partial charge in [0.2, 0.25) is 0 Å². The lowest BCUT2D eigenvalue weighted by Gasteiger charge is -2.13. The number of methoxy groups -OCH3 is 1. The summed E-state index contributed by atoms with van der Waals surface area (Å²) in [5, 5.41) is 8.04. The topological polar surface area (TPSA) is 114 Å². The summed E-state index contributed by atoms with van der Waals surface area (Å²) in [4.78, 5) is 24.5. The lowest BCUT2D eigenvalue weighted by atomic mass is 10.2. The Kier molecular flexibility index (Phi) is 5.84. The highest BCUT2D eigenvalue weighted by molar-refractivity contribution is 7.91. The molecule has 2 aromatic carbocycles. The normalized spacial score (nSPS) is 17.5. The minimum atomic E-state index is -3.07. The number of rotatable bonds is 5. The van der Waals surface area contributed by atoms with Gasteiger partial charge >= 0.3 is 6.03 Å². The van der Waals surface area contributed by atoms with Crippen molar-refractivity contribution >= 4 is 33.2 Å². The lowest BCUT2D eigenvalue weighted by molar-refractivity contribution is 0.102. The summed E-state index contributed by atoms with van der Waals surface area (Å²) in [5.74, 6) is 0.319. The molecule has 1 fully saturated rings. The van der Waals surface area contributed by atoms with E-state index in [1.807, 2.05) is 0 Å². The molecular formula is C19H21N3O5S. The number of nitrogens with one attached hydrogen (secondary N) is 3. The summed E-state index contributed by atoms with van der Waals surface area (Å²) >= 11 is 0. The molecule has 3 N–H and O–H groups in total. The van der Waals surface area contributed by atoms with Crippen LogP contribution in [0.25, 0.3) is 0 Å². The van der Waals surface area contributed by atoms with Gasteiger partial charge in [-0.05, 0) is 36.8 Å². The average Bonchev–Trinajstić information content (AvgIpc) is 3.00. The van der Waals surface area contributed by atoms with Crippen LogP contribution in [0.1, 0.15) is 16.8 Å². The van der Waals surface area contributed by atoms with Crippen molar-refractivity contribution in [3.63, 3.8) is 0 Å². The van der Waals surface area contributed by atoms with Crippen LogP contribution in [0.3, 0.4) is 0 Å². The smallest absolute Gasteiger partial charge is 0.319 e. The van der Waals surface area contributed by atoms with Crippen LogP contribution < -0.4 is 20.7 Å². The second kappa shape index (κ2) is 8.30. The van der Waals surface area contributed by atoms with Crippen molar-refractivity contribution in [2.24, 2.45) is 0 Å². The summed E-state index contributed by atoms with van der Waals surface area (Å²) < 4.78 is 28.1. The Morgan fingerprint density at radius 2 is 1.75 bits per heavy atom. The minimum absolute atomic E-state index is 0.0522. The number of amides is 3. The van der Waals surface area contributed by atoms with E-state index in [9.17, 15) is 18.0 Å². The molecule has 1 saturated heterocycles. The summed E-state index contributed by atoms with van der Waals surface area (Å²) in [6.45, 7) is 0. The zero-order valence-electron chi connectivity index (χ0n) is 15.3. The van der Waals surface area contributed by atoms with Crippen LogP contribution in [0.5, 0.6) is 5.75 Å². The maximum absolute atomic E-state index is 12.5. The third-order valence-corrected chi connectivity index (χ3v) is 6.05. The molecule has 1 atom stereocenters. The van der Waals surface area contributed by atoms with E-state index in [4.69, 9.17) is 4.74 Å². The van der Waals surface area contributed by atoms with Gasteiger partial charge in [-0.15, -0.1) is 0 Å². The first-order chi connectivity index (χ1) is 13.3. The third kappa shape index (κ3) is 5.23. The molecule has 0 saturated carbocycles. The zero-order valence-corrected chi connectivity index (χ0v) is 16.1. The number of anilines is 2. The van der Waals surface area contributed by atoms with Gasteiger partial charge in [0.05, 0.1) is 18.6 Å². The van der Waals surface area contributed by atoms with E-state index in [-0.39, 0.29) is 17.4 Å². The molecule has 1 aliphatic heterocycles. The Morgan fingerprint density at radius 3 is 2.43 bits per heavy atom. The number of ether oxygens (including phenoxy) is 1. The van der Waals surface area contributed by atoms with Crippen LogP contribution in [0.4, 0.5) is 16.2 Å². The fourth-order valence-electron chi connectivity index (χ4n) is 2.90. The standard InChI is InChI=1S/C19H21N3O5S/c1-27-17-7-3-6-15(11-17)20-18(23)13-4-2-5-14(10-13)21-19(24)22-16-8-9-28(25,26)12-16/h2-7,10-11,16H,8-9,12H2,1H3,(H,20,23)(H2,21,22,24)/t16-/m0/s1. The molecular weight excluding hydrogens is 382 g/mol. The van der Waals surface area contributed by atoms with Gasteiger partial charge in [0.1, 0.15) is 5.75 Å². The molecule has 3 amide bonds. The Morgan fingerprint density at radius 1 is 1.04 bits per heavy atom. The quantitative estimate of drug-likeness (QED) is 0.709. The summed E-state index contributed by atoms with van der Waals surface area (Å²) in [6.07, 6.45) is 0.402. The second-order valence-corrected chi connectivity index (χ2v) is 8.69. The van der Waals surface area contributed by atoms with Crippen molar-refractivity contribution in [3.8, 4) is 5.75 Å². The lowest BCUT2D eigenvalue weighted by Crippen LogP contribution is -2.38. The van der Waals surface area contributed by atoms with Crippen LogP contribution in [-0.2, 0) is 9.84 Å². The molecule has 3 rings (SSSR count). The number of carbonyl (C=O) groups excluding carboxylic acids is 2. The maximum atomic E-state index is 12.5. The number of carbonyl (C=O) groups is 2. The Labute approximate surface area is 163 Å². The minimum Gasteiger partial charge on any atom is -0.497 e. The summed E-state index contributed by atoms with van der Waals surface area (Å²) in [6, 6.07) is 12.5. The number of sulfone groups is 1. The second-order valence-electron chi connectivity index (χ2n) is 6.47. The predicted octanol–water partition coefficient (Wildman–Crippen LogP) is 2.26. The van der Waals surface area contributed by atoms with Gasteiger partial charge in [-0.3, -0.25) is 4.79 Å². The van der Waals surface area contributed by atoms with Crippen LogP contribution in [0, 0.1) is 0 Å². The largest absolute Gasteiger partial charge is 0.497 e. The van der Waals surface area contributed by atoms with Gasteiger partial charge in [-0.1, -0.05) is 12.1 Å². The Bertz CT molecular complexity index is 991. The molecule has 0 unspecified atom stereocenters.